The smallest absolute Gasteiger partial charge is 0.126 e. The first-order chi connectivity index (χ1) is 7.75. The predicted molar refractivity (Wildman–Crippen MR) is 61.7 cm³/mol. The molecule has 2 N–H and O–H groups in total. The van der Waals surface area contributed by atoms with E-state index in [1.165, 1.54) is 0 Å². The molecule has 3 rings (SSSR count). The van der Waals surface area contributed by atoms with Crippen LogP contribution in [0.25, 0.3) is 17.0 Å². The highest BCUT2D eigenvalue weighted by Gasteiger charge is 2.23. The Bertz CT molecular complexity index is 577. The highest BCUT2D eigenvalue weighted by molar-refractivity contribution is 5.82. The van der Waals surface area contributed by atoms with E-state index < -0.39 is 12.2 Å². The molecular formula is C13H11NO2. The quantitative estimate of drug-likeness (QED) is 0.699. The molecule has 0 amide bonds. The number of hydrogen-bond acceptors (Lipinski definition) is 3. The number of para-hydroxylation sites is 1. The van der Waals surface area contributed by atoms with E-state index in [1.54, 1.807) is 12.2 Å². The summed E-state index contributed by atoms with van der Waals surface area (Å²) in [6, 6.07) is 9.71. The Balaban J connectivity index is 2.29. The topological polar surface area (TPSA) is 53.4 Å². The first-order valence-corrected chi connectivity index (χ1v) is 5.20. The van der Waals surface area contributed by atoms with Crippen molar-refractivity contribution in [1.29, 1.82) is 0 Å². The van der Waals surface area contributed by atoms with Gasteiger partial charge in [-0.05, 0) is 17.7 Å². The molecule has 0 radical (unpaired) electrons. The van der Waals surface area contributed by atoms with Crippen molar-refractivity contribution < 1.29 is 10.2 Å². The number of aliphatic hydroxyl groups excluding tert-OH is 2. The molecule has 0 bridgehead atoms. The van der Waals surface area contributed by atoms with Crippen molar-refractivity contribution in [3.8, 4) is 0 Å². The van der Waals surface area contributed by atoms with Gasteiger partial charge in [0.15, 0.2) is 0 Å². The minimum absolute atomic E-state index is 0.550. The van der Waals surface area contributed by atoms with E-state index in [9.17, 15) is 10.2 Å². The molecule has 1 aromatic heterocycles. The van der Waals surface area contributed by atoms with Crippen molar-refractivity contribution in [2.24, 2.45) is 0 Å². The molecule has 1 aliphatic rings. The van der Waals surface area contributed by atoms with Crippen molar-refractivity contribution in [2.45, 2.75) is 12.2 Å². The average molecular weight is 213 g/mol. The highest BCUT2D eigenvalue weighted by atomic mass is 16.3. The summed E-state index contributed by atoms with van der Waals surface area (Å²) in [5.41, 5.74) is 2.26. The van der Waals surface area contributed by atoms with E-state index in [2.05, 4.69) is 4.98 Å². The van der Waals surface area contributed by atoms with Crippen LogP contribution in [0, 0.1) is 0 Å². The van der Waals surface area contributed by atoms with Gasteiger partial charge in [0.05, 0.1) is 11.2 Å². The van der Waals surface area contributed by atoms with Crippen molar-refractivity contribution in [1.82, 2.24) is 4.98 Å². The van der Waals surface area contributed by atoms with Crippen LogP contribution in [0.15, 0.2) is 36.4 Å². The standard InChI is InChI=1S/C13H11NO2/c15-11-6-5-9-7-8-3-1-2-4-10(8)14-12(9)13(11)16/h1-7,11,13,15-16H. The van der Waals surface area contributed by atoms with Crippen LogP contribution < -0.4 is 0 Å². The summed E-state index contributed by atoms with van der Waals surface area (Å²) in [5.74, 6) is 0. The van der Waals surface area contributed by atoms with E-state index in [4.69, 9.17) is 0 Å². The van der Waals surface area contributed by atoms with Crippen LogP contribution in [0.1, 0.15) is 17.4 Å². The minimum atomic E-state index is -0.926. The number of aromatic nitrogens is 1. The molecule has 0 aliphatic heterocycles. The Morgan fingerprint density at radius 3 is 2.81 bits per heavy atom. The Labute approximate surface area is 92.7 Å². The number of rotatable bonds is 0. The molecular weight excluding hydrogens is 202 g/mol. The Morgan fingerprint density at radius 2 is 1.94 bits per heavy atom. The maximum Gasteiger partial charge on any atom is 0.126 e. The monoisotopic (exact) mass is 213 g/mol. The maximum absolute atomic E-state index is 9.83. The molecule has 80 valence electrons. The van der Waals surface area contributed by atoms with Gasteiger partial charge in [-0.15, -0.1) is 0 Å². The molecule has 2 aromatic rings. The Hall–Kier alpha value is -1.71. The number of fused-ring (bicyclic) bond motifs is 2. The maximum atomic E-state index is 9.83. The number of pyridine rings is 1. The van der Waals surface area contributed by atoms with Gasteiger partial charge in [0, 0.05) is 5.39 Å². The molecule has 16 heavy (non-hydrogen) atoms. The predicted octanol–water partition coefficient (Wildman–Crippen LogP) is 1.66. The summed E-state index contributed by atoms with van der Waals surface area (Å²) in [6.45, 7) is 0. The van der Waals surface area contributed by atoms with Crippen LogP contribution in [0.3, 0.4) is 0 Å². The van der Waals surface area contributed by atoms with Gasteiger partial charge in [0.2, 0.25) is 0 Å². The van der Waals surface area contributed by atoms with E-state index >= 15 is 0 Å². The fourth-order valence-corrected chi connectivity index (χ4v) is 1.99. The molecule has 2 atom stereocenters. The second-order valence-corrected chi connectivity index (χ2v) is 3.95. The Kier molecular flexibility index (Phi) is 2.02. The third kappa shape index (κ3) is 1.33. The number of nitrogens with zero attached hydrogens (tertiary/aromatic N) is 1. The van der Waals surface area contributed by atoms with E-state index in [0.29, 0.717) is 5.69 Å². The van der Waals surface area contributed by atoms with Crippen molar-refractivity contribution >= 4 is 17.0 Å². The van der Waals surface area contributed by atoms with Crippen LogP contribution in [0.2, 0.25) is 0 Å². The number of aliphatic hydroxyl groups is 2. The van der Waals surface area contributed by atoms with Crippen LogP contribution in [0.5, 0.6) is 0 Å². The third-order valence-electron chi connectivity index (χ3n) is 2.86. The fraction of sp³-hybridized carbons (Fsp3) is 0.154. The van der Waals surface area contributed by atoms with Crippen molar-refractivity contribution in [3.63, 3.8) is 0 Å². The lowest BCUT2D eigenvalue weighted by molar-refractivity contribution is 0.0443. The highest BCUT2D eigenvalue weighted by Crippen LogP contribution is 2.28. The lowest BCUT2D eigenvalue weighted by atomic mass is 9.96. The van der Waals surface area contributed by atoms with Gasteiger partial charge in [0.25, 0.3) is 0 Å². The van der Waals surface area contributed by atoms with E-state index in [-0.39, 0.29) is 0 Å². The van der Waals surface area contributed by atoms with Gasteiger partial charge in [-0.25, -0.2) is 4.98 Å². The number of benzene rings is 1. The van der Waals surface area contributed by atoms with Crippen LogP contribution in [0.4, 0.5) is 0 Å². The van der Waals surface area contributed by atoms with Gasteiger partial charge < -0.3 is 10.2 Å². The van der Waals surface area contributed by atoms with Gasteiger partial charge in [0.1, 0.15) is 12.2 Å². The Morgan fingerprint density at radius 1 is 1.12 bits per heavy atom. The summed E-state index contributed by atoms with van der Waals surface area (Å²) < 4.78 is 0. The first-order valence-electron chi connectivity index (χ1n) is 5.20. The lowest BCUT2D eigenvalue weighted by Gasteiger charge is -2.21. The second-order valence-electron chi connectivity index (χ2n) is 3.95. The molecule has 0 saturated carbocycles. The largest absolute Gasteiger partial charge is 0.386 e. The summed E-state index contributed by atoms with van der Waals surface area (Å²) in [4.78, 5) is 4.39. The van der Waals surface area contributed by atoms with Gasteiger partial charge in [-0.3, -0.25) is 0 Å². The van der Waals surface area contributed by atoms with Crippen molar-refractivity contribution in [3.05, 3.63) is 47.7 Å². The second kappa shape index (κ2) is 3.40. The molecule has 1 heterocycles. The van der Waals surface area contributed by atoms with E-state index in [1.807, 2.05) is 30.3 Å². The SMILES string of the molecule is OC1C=Cc2cc3ccccc3nc2C1O. The van der Waals surface area contributed by atoms with Gasteiger partial charge >= 0.3 is 0 Å². The van der Waals surface area contributed by atoms with Crippen LogP contribution in [-0.2, 0) is 0 Å². The fourth-order valence-electron chi connectivity index (χ4n) is 1.99. The zero-order valence-electron chi connectivity index (χ0n) is 8.54. The summed E-state index contributed by atoms with van der Waals surface area (Å²) >= 11 is 0. The molecule has 0 saturated heterocycles. The first kappa shape index (κ1) is 9.51. The zero-order chi connectivity index (χ0) is 11.1. The third-order valence-corrected chi connectivity index (χ3v) is 2.86. The molecule has 0 fully saturated rings. The molecule has 3 nitrogen and oxygen atoms in total. The molecule has 1 aromatic carbocycles. The minimum Gasteiger partial charge on any atom is -0.386 e. The molecule has 3 heteroatoms. The molecule has 2 unspecified atom stereocenters. The summed E-state index contributed by atoms with van der Waals surface area (Å²) in [6.07, 6.45) is 1.60. The zero-order valence-corrected chi connectivity index (χ0v) is 8.54. The van der Waals surface area contributed by atoms with Gasteiger partial charge in [-0.1, -0.05) is 30.4 Å². The molecule has 1 aliphatic carbocycles. The van der Waals surface area contributed by atoms with Crippen molar-refractivity contribution in [2.75, 3.05) is 0 Å². The van der Waals surface area contributed by atoms with Crippen LogP contribution in [-0.4, -0.2) is 21.3 Å². The molecule has 0 spiro atoms. The average Bonchev–Trinajstić information content (AvgIpc) is 2.32. The number of hydrogen-bond donors (Lipinski definition) is 2. The summed E-state index contributed by atoms with van der Waals surface area (Å²) in [7, 11) is 0. The van der Waals surface area contributed by atoms with Gasteiger partial charge in [-0.2, -0.15) is 0 Å². The normalized spacial score (nSPS) is 23.4. The summed E-state index contributed by atoms with van der Waals surface area (Å²) in [5, 5.41) is 20.4. The van der Waals surface area contributed by atoms with E-state index in [0.717, 1.165) is 16.5 Å². The van der Waals surface area contributed by atoms with Crippen LogP contribution >= 0.6 is 0 Å². The lowest BCUT2D eigenvalue weighted by Crippen LogP contribution is -2.20.